The molecule has 1 aliphatic heterocycles. The molecule has 0 spiro atoms. The molecule has 1 aromatic heterocycles. The minimum atomic E-state index is -3.60. The fraction of sp³-hybridized carbons (Fsp3) is 0.238. The first kappa shape index (κ1) is 21.1. The van der Waals surface area contributed by atoms with Crippen molar-refractivity contribution in [3.8, 4) is 5.75 Å². The molecule has 0 aliphatic carbocycles. The Balaban J connectivity index is 1.76. The van der Waals surface area contributed by atoms with E-state index in [1.54, 1.807) is 0 Å². The molecule has 1 unspecified atom stereocenters. The summed E-state index contributed by atoms with van der Waals surface area (Å²) in [6, 6.07) is 14.5. The molecule has 0 saturated heterocycles. The van der Waals surface area contributed by atoms with Crippen LogP contribution in [0.1, 0.15) is 30.5 Å². The number of ether oxygens (including phenoxy) is 1. The van der Waals surface area contributed by atoms with Crippen molar-refractivity contribution in [2.75, 3.05) is 12.9 Å². The highest BCUT2D eigenvalue weighted by atomic mass is 79.9. The lowest BCUT2D eigenvalue weighted by molar-refractivity contribution is 0.340. The number of halogens is 2. The second-order valence-electron chi connectivity index (χ2n) is 6.96. The third-order valence-corrected chi connectivity index (χ3v) is 6.68. The van der Waals surface area contributed by atoms with Crippen LogP contribution in [0.15, 0.2) is 58.1 Å². The minimum absolute atomic E-state index is 0.252. The van der Waals surface area contributed by atoms with Gasteiger partial charge in [-0.3, -0.25) is 0 Å². The van der Waals surface area contributed by atoms with Gasteiger partial charge in [-0.2, -0.15) is 9.52 Å². The van der Waals surface area contributed by atoms with Gasteiger partial charge in [-0.25, -0.2) is 13.4 Å². The molecule has 2 heterocycles. The molecule has 30 heavy (non-hydrogen) atoms. The number of rotatable bonds is 5. The first-order chi connectivity index (χ1) is 14.3. The largest absolute Gasteiger partial charge is 0.494 e. The molecule has 0 N–H and O–H groups in total. The number of aromatic nitrogens is 1. The highest BCUT2D eigenvalue weighted by molar-refractivity contribution is 9.10. The predicted molar refractivity (Wildman–Crippen MR) is 123 cm³/mol. The number of hydrogen-bond acceptors (Lipinski definition) is 5. The summed E-state index contributed by atoms with van der Waals surface area (Å²) >= 11 is 9.92. The van der Waals surface area contributed by atoms with Crippen molar-refractivity contribution in [1.29, 1.82) is 0 Å². The zero-order chi connectivity index (χ0) is 21.5. The number of fused-ring (bicyclic) bond motifs is 1. The number of sulfonamides is 1. The smallest absolute Gasteiger partial charge is 0.247 e. The lowest BCUT2D eigenvalue weighted by Gasteiger charge is -2.22. The highest BCUT2D eigenvalue weighted by Crippen LogP contribution is 2.39. The molecule has 6 nitrogen and oxygen atoms in total. The molecule has 0 bridgehead atoms. The van der Waals surface area contributed by atoms with Crippen molar-refractivity contribution in [3.63, 3.8) is 0 Å². The van der Waals surface area contributed by atoms with E-state index < -0.39 is 16.1 Å². The summed E-state index contributed by atoms with van der Waals surface area (Å²) in [7, 11) is -3.60. The van der Waals surface area contributed by atoms with Crippen LogP contribution in [-0.2, 0) is 10.0 Å². The van der Waals surface area contributed by atoms with E-state index in [2.05, 4.69) is 26.0 Å². The maximum absolute atomic E-state index is 12.5. The van der Waals surface area contributed by atoms with E-state index in [9.17, 15) is 8.42 Å². The Kier molecular flexibility index (Phi) is 5.74. The average molecular weight is 509 g/mol. The van der Waals surface area contributed by atoms with Gasteiger partial charge in [0.2, 0.25) is 10.0 Å². The lowest BCUT2D eigenvalue weighted by atomic mass is 9.99. The predicted octanol–water partition coefficient (Wildman–Crippen LogP) is 5.16. The van der Waals surface area contributed by atoms with Crippen molar-refractivity contribution >= 4 is 54.2 Å². The summed E-state index contributed by atoms with van der Waals surface area (Å²) in [6.45, 7) is 2.47. The summed E-state index contributed by atoms with van der Waals surface area (Å²) in [5.74, 6) is 0.709. The van der Waals surface area contributed by atoms with E-state index in [-0.39, 0.29) is 5.15 Å². The minimum Gasteiger partial charge on any atom is -0.494 e. The van der Waals surface area contributed by atoms with Gasteiger partial charge in [0.1, 0.15) is 10.9 Å². The topological polar surface area (TPSA) is 71.9 Å². The molecule has 1 atom stereocenters. The Labute approximate surface area is 188 Å². The first-order valence-electron chi connectivity index (χ1n) is 9.32. The monoisotopic (exact) mass is 507 g/mol. The van der Waals surface area contributed by atoms with E-state index in [0.29, 0.717) is 35.6 Å². The Bertz CT molecular complexity index is 1250. The number of hydrazone groups is 1. The van der Waals surface area contributed by atoms with Crippen LogP contribution in [0.2, 0.25) is 5.15 Å². The molecule has 4 rings (SSSR count). The molecule has 0 saturated carbocycles. The summed E-state index contributed by atoms with van der Waals surface area (Å²) in [6.07, 6.45) is 1.55. The van der Waals surface area contributed by atoms with E-state index in [4.69, 9.17) is 16.3 Å². The van der Waals surface area contributed by atoms with E-state index >= 15 is 0 Å². The zero-order valence-corrected chi connectivity index (χ0v) is 19.5. The normalized spacial score (nSPS) is 16.7. The van der Waals surface area contributed by atoms with Gasteiger partial charge in [0.15, 0.2) is 0 Å². The fourth-order valence-corrected chi connectivity index (χ4v) is 4.91. The van der Waals surface area contributed by atoms with Crippen molar-refractivity contribution in [3.05, 3.63) is 69.3 Å². The molecular weight excluding hydrogens is 490 g/mol. The van der Waals surface area contributed by atoms with Crippen LogP contribution < -0.4 is 4.74 Å². The van der Waals surface area contributed by atoms with E-state index in [1.807, 2.05) is 55.5 Å². The van der Waals surface area contributed by atoms with Gasteiger partial charge in [-0.05, 0) is 42.8 Å². The molecule has 0 radical (unpaired) electrons. The Hall–Kier alpha value is -2.16. The first-order valence-corrected chi connectivity index (χ1v) is 12.3. The van der Waals surface area contributed by atoms with Gasteiger partial charge in [0, 0.05) is 27.9 Å². The maximum Gasteiger partial charge on any atom is 0.247 e. The fourth-order valence-electron chi connectivity index (χ4n) is 3.47. The van der Waals surface area contributed by atoms with Crippen molar-refractivity contribution in [2.45, 2.75) is 19.4 Å². The van der Waals surface area contributed by atoms with E-state index in [0.717, 1.165) is 26.1 Å². The Morgan fingerprint density at radius 3 is 2.60 bits per heavy atom. The quantitative estimate of drug-likeness (QED) is 0.446. The molecule has 156 valence electrons. The summed E-state index contributed by atoms with van der Waals surface area (Å²) < 4.78 is 32.5. The van der Waals surface area contributed by atoms with Gasteiger partial charge < -0.3 is 4.74 Å². The van der Waals surface area contributed by atoms with Crippen molar-refractivity contribution < 1.29 is 13.2 Å². The van der Waals surface area contributed by atoms with Crippen LogP contribution in [0, 0.1) is 0 Å². The molecular formula is C21H19BrClN3O3S. The lowest BCUT2D eigenvalue weighted by Crippen LogP contribution is -2.26. The molecule has 0 amide bonds. The SMILES string of the molecule is CCOc1ccc2cc(C3CC(c4ccc(Br)cc4)=NN3S(C)(=O)=O)c(Cl)nc2c1. The van der Waals surface area contributed by atoms with Gasteiger partial charge in [-0.15, -0.1) is 0 Å². The molecule has 9 heteroatoms. The van der Waals surface area contributed by atoms with Crippen LogP contribution >= 0.6 is 27.5 Å². The number of pyridine rings is 1. The second-order valence-corrected chi connectivity index (χ2v) is 10.1. The molecule has 2 aromatic carbocycles. The Morgan fingerprint density at radius 1 is 1.20 bits per heavy atom. The molecule has 0 fully saturated rings. The van der Waals surface area contributed by atoms with Crippen molar-refractivity contribution in [1.82, 2.24) is 9.40 Å². The third-order valence-electron chi connectivity index (χ3n) is 4.83. The third kappa shape index (κ3) is 4.17. The van der Waals surface area contributed by atoms with Crippen LogP contribution in [0.4, 0.5) is 0 Å². The average Bonchev–Trinajstić information content (AvgIpc) is 3.14. The molecule has 3 aromatic rings. The summed E-state index contributed by atoms with van der Waals surface area (Å²) in [5.41, 5.74) is 2.85. The molecule has 1 aliphatic rings. The van der Waals surface area contributed by atoms with E-state index in [1.165, 1.54) is 0 Å². The van der Waals surface area contributed by atoms with Gasteiger partial charge >= 0.3 is 0 Å². The summed E-state index contributed by atoms with van der Waals surface area (Å²) in [4.78, 5) is 4.50. The van der Waals surface area contributed by atoms with Gasteiger partial charge in [-0.1, -0.05) is 39.7 Å². The summed E-state index contributed by atoms with van der Waals surface area (Å²) in [5, 5.41) is 5.52. The second kappa shape index (κ2) is 8.17. The standard InChI is InChI=1S/C21H19BrClN3O3S/c1-3-29-16-9-6-14-10-17(21(23)24-18(14)11-16)20-12-19(25-26(20)30(2,27)28)13-4-7-15(22)8-5-13/h4-11,20H,3,12H2,1-2H3. The van der Waals surface area contributed by atoms with Crippen LogP contribution in [0.3, 0.4) is 0 Å². The zero-order valence-electron chi connectivity index (χ0n) is 16.3. The van der Waals surface area contributed by atoms with Gasteiger partial charge in [0.25, 0.3) is 0 Å². The van der Waals surface area contributed by atoms with Crippen LogP contribution in [-0.4, -0.2) is 36.4 Å². The van der Waals surface area contributed by atoms with Gasteiger partial charge in [0.05, 0.1) is 30.1 Å². The maximum atomic E-state index is 12.5. The highest BCUT2D eigenvalue weighted by Gasteiger charge is 2.36. The Morgan fingerprint density at radius 2 is 1.93 bits per heavy atom. The number of benzene rings is 2. The van der Waals surface area contributed by atoms with Crippen molar-refractivity contribution in [2.24, 2.45) is 5.10 Å². The number of nitrogens with zero attached hydrogens (tertiary/aromatic N) is 3. The van der Waals surface area contributed by atoms with Crippen LogP contribution in [0.5, 0.6) is 5.75 Å². The number of hydrogen-bond donors (Lipinski definition) is 0. The van der Waals surface area contributed by atoms with Crippen LogP contribution in [0.25, 0.3) is 10.9 Å².